The first-order valence-electron chi connectivity index (χ1n) is 12.1. The van der Waals surface area contributed by atoms with Crippen LogP contribution in [0.2, 0.25) is 0 Å². The third-order valence-electron chi connectivity index (χ3n) is 6.99. The standard InChI is InChI=1S/C26H28FN5O4/c1-32-8-9-35-14(12-32)13-36-20-11-28-7-6-15(20)23-24(29-18-5-3-4-17(27)25(18)34-2)21-22(31-23)16-10-19(16)30-26(21)33/h3-7,11,14,16,19,29,31H,8-10,12-13H2,1-2H3,(H,30,33). The van der Waals surface area contributed by atoms with Crippen LogP contribution in [0, 0.1) is 5.82 Å². The van der Waals surface area contributed by atoms with Gasteiger partial charge in [0, 0.05) is 42.5 Å². The molecule has 36 heavy (non-hydrogen) atoms. The molecule has 2 aliphatic heterocycles. The highest BCUT2D eigenvalue weighted by Gasteiger charge is 2.48. The molecule has 2 aromatic heterocycles. The number of nitrogens with one attached hydrogen (secondary N) is 3. The molecule has 0 radical (unpaired) electrons. The highest BCUT2D eigenvalue weighted by atomic mass is 19.1. The molecule has 3 aromatic rings. The van der Waals surface area contributed by atoms with Crippen molar-refractivity contribution >= 4 is 17.3 Å². The molecule has 1 aliphatic carbocycles. The number of fused-ring (bicyclic) bond motifs is 3. The van der Waals surface area contributed by atoms with Gasteiger partial charge in [0.25, 0.3) is 5.91 Å². The normalized spacial score (nSPS) is 22.9. The molecule has 1 aromatic carbocycles. The molecule has 0 bridgehead atoms. The van der Waals surface area contributed by atoms with Crippen molar-refractivity contribution in [1.82, 2.24) is 20.2 Å². The molecule has 10 heteroatoms. The van der Waals surface area contributed by atoms with Crippen molar-refractivity contribution in [2.45, 2.75) is 24.5 Å². The predicted octanol–water partition coefficient (Wildman–Crippen LogP) is 3.28. The number of likely N-dealkylation sites (N-methyl/N-ethyl adjacent to an activating group) is 1. The molecule has 3 unspecified atom stereocenters. The van der Waals surface area contributed by atoms with Crippen molar-refractivity contribution in [2.75, 3.05) is 45.8 Å². The van der Waals surface area contributed by atoms with Gasteiger partial charge in [0.2, 0.25) is 0 Å². The van der Waals surface area contributed by atoms with Gasteiger partial charge in [-0.05, 0) is 31.7 Å². The van der Waals surface area contributed by atoms with E-state index in [9.17, 15) is 9.18 Å². The first-order chi connectivity index (χ1) is 17.5. The highest BCUT2D eigenvalue weighted by molar-refractivity contribution is 6.07. The van der Waals surface area contributed by atoms with Gasteiger partial charge in [-0.2, -0.15) is 0 Å². The Morgan fingerprint density at radius 2 is 2.22 bits per heavy atom. The van der Waals surface area contributed by atoms with Gasteiger partial charge < -0.3 is 34.7 Å². The maximum atomic E-state index is 14.5. The van der Waals surface area contributed by atoms with Crippen LogP contribution in [-0.4, -0.2) is 73.4 Å². The van der Waals surface area contributed by atoms with Crippen molar-refractivity contribution < 1.29 is 23.4 Å². The molecule has 3 aliphatic rings. The largest absolute Gasteiger partial charge is 0.492 e. The summed E-state index contributed by atoms with van der Waals surface area (Å²) in [5.74, 6) is 0.197. The number of hydrogen-bond acceptors (Lipinski definition) is 7. The zero-order chi connectivity index (χ0) is 24.8. The average Bonchev–Trinajstić information content (AvgIpc) is 3.55. The molecule has 3 N–H and O–H groups in total. The molecule has 2 fully saturated rings. The first kappa shape index (κ1) is 22.8. The fourth-order valence-electron chi connectivity index (χ4n) is 5.08. The number of nitrogens with zero attached hydrogens (tertiary/aromatic N) is 2. The summed E-state index contributed by atoms with van der Waals surface area (Å²) in [6, 6.07) is 6.63. The molecule has 1 amide bonds. The highest BCUT2D eigenvalue weighted by Crippen LogP contribution is 2.51. The lowest BCUT2D eigenvalue weighted by molar-refractivity contribution is -0.0403. The van der Waals surface area contributed by atoms with Crippen LogP contribution >= 0.6 is 0 Å². The number of ether oxygens (including phenoxy) is 3. The number of aromatic amines is 1. The van der Waals surface area contributed by atoms with Gasteiger partial charge in [0.15, 0.2) is 11.6 Å². The van der Waals surface area contributed by atoms with Crippen LogP contribution in [0.1, 0.15) is 28.4 Å². The van der Waals surface area contributed by atoms with E-state index in [2.05, 4.69) is 32.5 Å². The number of carbonyl (C=O) groups is 1. The molecule has 6 rings (SSSR count). The van der Waals surface area contributed by atoms with Crippen LogP contribution < -0.4 is 20.1 Å². The summed E-state index contributed by atoms with van der Waals surface area (Å²) in [5, 5.41) is 6.34. The lowest BCUT2D eigenvalue weighted by Crippen LogP contribution is -2.42. The molecule has 9 nitrogen and oxygen atoms in total. The number of H-pyrrole nitrogens is 1. The van der Waals surface area contributed by atoms with E-state index in [1.165, 1.54) is 13.2 Å². The quantitative estimate of drug-likeness (QED) is 0.464. The van der Waals surface area contributed by atoms with E-state index in [0.717, 1.165) is 30.8 Å². The monoisotopic (exact) mass is 493 g/mol. The SMILES string of the molecule is COc1c(F)cccc1Nc1c(-c2ccncc2OCC2CN(C)CCO2)[nH]c2c1C(=O)NC1CC21. The van der Waals surface area contributed by atoms with E-state index in [0.29, 0.717) is 41.6 Å². The van der Waals surface area contributed by atoms with Gasteiger partial charge in [0.05, 0.1) is 42.5 Å². The second kappa shape index (κ2) is 9.11. The van der Waals surface area contributed by atoms with Gasteiger partial charge >= 0.3 is 0 Å². The number of aromatic nitrogens is 2. The third-order valence-corrected chi connectivity index (χ3v) is 6.99. The Bertz CT molecular complexity index is 1310. The Morgan fingerprint density at radius 1 is 1.33 bits per heavy atom. The van der Waals surface area contributed by atoms with E-state index in [1.54, 1.807) is 24.5 Å². The van der Waals surface area contributed by atoms with Crippen LogP contribution in [0.3, 0.4) is 0 Å². The Morgan fingerprint density at radius 3 is 3.06 bits per heavy atom. The fourth-order valence-corrected chi connectivity index (χ4v) is 5.08. The third kappa shape index (κ3) is 4.06. The number of pyridine rings is 1. The van der Waals surface area contributed by atoms with E-state index in [-0.39, 0.29) is 29.7 Å². The topological polar surface area (TPSA) is 101 Å². The number of rotatable bonds is 7. The fraction of sp³-hybridized carbons (Fsp3) is 0.385. The second-order valence-electron chi connectivity index (χ2n) is 9.47. The Hall–Kier alpha value is -3.63. The van der Waals surface area contributed by atoms with Crippen molar-refractivity contribution in [2.24, 2.45) is 0 Å². The van der Waals surface area contributed by atoms with Crippen molar-refractivity contribution in [3.05, 3.63) is 53.7 Å². The smallest absolute Gasteiger partial charge is 0.255 e. The molecular formula is C26H28FN5O4. The Labute approximate surface area is 207 Å². The van der Waals surface area contributed by atoms with E-state index < -0.39 is 5.82 Å². The summed E-state index contributed by atoms with van der Waals surface area (Å²) in [4.78, 5) is 23.1. The van der Waals surface area contributed by atoms with E-state index in [1.807, 2.05) is 6.07 Å². The van der Waals surface area contributed by atoms with E-state index in [4.69, 9.17) is 14.2 Å². The maximum absolute atomic E-state index is 14.5. The van der Waals surface area contributed by atoms with Crippen molar-refractivity contribution in [3.8, 4) is 22.8 Å². The minimum Gasteiger partial charge on any atom is -0.492 e. The second-order valence-corrected chi connectivity index (χ2v) is 9.47. The molecule has 0 spiro atoms. The molecular weight excluding hydrogens is 465 g/mol. The zero-order valence-electron chi connectivity index (χ0n) is 20.1. The van der Waals surface area contributed by atoms with Crippen molar-refractivity contribution in [1.29, 1.82) is 0 Å². The van der Waals surface area contributed by atoms with E-state index >= 15 is 0 Å². The average molecular weight is 494 g/mol. The number of halogens is 1. The number of anilines is 2. The number of hydrogen-bond donors (Lipinski definition) is 3. The number of morpholine rings is 1. The summed E-state index contributed by atoms with van der Waals surface area (Å²) < 4.78 is 31.8. The summed E-state index contributed by atoms with van der Waals surface area (Å²) in [6.07, 6.45) is 4.17. The number of amides is 1. The minimum atomic E-state index is -0.495. The van der Waals surface area contributed by atoms with Gasteiger partial charge in [-0.25, -0.2) is 4.39 Å². The first-order valence-corrected chi connectivity index (χ1v) is 12.1. The summed E-state index contributed by atoms with van der Waals surface area (Å²) in [6.45, 7) is 2.71. The van der Waals surface area contributed by atoms with Gasteiger partial charge in [-0.3, -0.25) is 9.78 Å². The Balaban J connectivity index is 1.40. The van der Waals surface area contributed by atoms with Gasteiger partial charge in [-0.1, -0.05) is 6.07 Å². The molecule has 188 valence electrons. The zero-order valence-corrected chi connectivity index (χ0v) is 20.1. The summed E-state index contributed by atoms with van der Waals surface area (Å²) in [7, 11) is 3.47. The lowest BCUT2D eigenvalue weighted by atomic mass is 10.0. The lowest BCUT2D eigenvalue weighted by Gasteiger charge is -2.30. The van der Waals surface area contributed by atoms with Gasteiger partial charge in [0.1, 0.15) is 18.5 Å². The molecule has 4 heterocycles. The van der Waals surface area contributed by atoms with Crippen LogP contribution in [0.15, 0.2) is 36.7 Å². The molecule has 1 saturated carbocycles. The van der Waals surface area contributed by atoms with Gasteiger partial charge in [-0.15, -0.1) is 0 Å². The number of carbonyl (C=O) groups excluding carboxylic acids is 1. The predicted molar refractivity (Wildman–Crippen MR) is 132 cm³/mol. The minimum absolute atomic E-state index is 0.0548. The van der Waals surface area contributed by atoms with Crippen LogP contribution in [0.25, 0.3) is 11.3 Å². The summed E-state index contributed by atoms with van der Waals surface area (Å²) in [5.41, 5.74) is 3.77. The van der Waals surface area contributed by atoms with Crippen LogP contribution in [-0.2, 0) is 4.74 Å². The number of para-hydroxylation sites is 1. The number of benzene rings is 1. The summed E-state index contributed by atoms with van der Waals surface area (Å²) >= 11 is 0. The Kier molecular flexibility index (Phi) is 5.77. The number of methoxy groups -OCH3 is 1. The van der Waals surface area contributed by atoms with Crippen LogP contribution in [0.5, 0.6) is 11.5 Å². The molecule has 1 saturated heterocycles. The van der Waals surface area contributed by atoms with Crippen molar-refractivity contribution in [3.63, 3.8) is 0 Å². The molecule has 3 atom stereocenters. The maximum Gasteiger partial charge on any atom is 0.255 e. The van der Waals surface area contributed by atoms with Crippen LogP contribution in [0.4, 0.5) is 15.8 Å².